The average Bonchev–Trinajstić information content (AvgIpc) is 2.31. The van der Waals surface area contributed by atoms with Crippen LogP contribution in [0.1, 0.15) is 27.2 Å². The van der Waals surface area contributed by atoms with Crippen LogP contribution in [0.5, 0.6) is 0 Å². The Morgan fingerprint density at radius 2 is 1.83 bits per heavy atom. The highest BCUT2D eigenvalue weighted by Crippen LogP contribution is 2.07. The van der Waals surface area contributed by atoms with Gasteiger partial charge in [-0.25, -0.2) is 0 Å². The molecule has 0 aliphatic heterocycles. The van der Waals surface area contributed by atoms with E-state index in [2.05, 4.69) is 19.2 Å². The van der Waals surface area contributed by atoms with Gasteiger partial charge in [-0.3, -0.25) is 0 Å². The van der Waals surface area contributed by atoms with Crippen molar-refractivity contribution in [2.24, 2.45) is 5.92 Å². The second-order valence-electron chi connectivity index (χ2n) is 5.17. The fraction of sp³-hybridized carbons (Fsp3) is 1.00. The van der Waals surface area contributed by atoms with Crippen LogP contribution >= 0.6 is 0 Å². The number of methoxy groups -OCH3 is 1. The molecule has 5 nitrogen and oxygen atoms in total. The van der Waals surface area contributed by atoms with Crippen LogP contribution in [-0.2, 0) is 9.47 Å². The normalized spacial score (nSPS) is 16.8. The Hall–Kier alpha value is -0.200. The maximum atomic E-state index is 9.73. The van der Waals surface area contributed by atoms with Crippen molar-refractivity contribution in [2.75, 3.05) is 33.5 Å². The predicted molar refractivity (Wildman–Crippen MR) is 71.6 cm³/mol. The lowest BCUT2D eigenvalue weighted by molar-refractivity contribution is -0.0109. The van der Waals surface area contributed by atoms with Crippen molar-refractivity contribution in [3.63, 3.8) is 0 Å². The van der Waals surface area contributed by atoms with E-state index in [-0.39, 0.29) is 18.8 Å². The fourth-order valence-electron chi connectivity index (χ4n) is 1.75. The monoisotopic (exact) mass is 263 g/mol. The van der Waals surface area contributed by atoms with Gasteiger partial charge in [0.15, 0.2) is 0 Å². The molecule has 0 saturated heterocycles. The highest BCUT2D eigenvalue weighted by atomic mass is 16.5. The molecule has 18 heavy (non-hydrogen) atoms. The van der Waals surface area contributed by atoms with Crippen molar-refractivity contribution in [1.82, 2.24) is 5.32 Å². The van der Waals surface area contributed by atoms with Gasteiger partial charge in [0.1, 0.15) is 0 Å². The van der Waals surface area contributed by atoms with Gasteiger partial charge >= 0.3 is 0 Å². The van der Waals surface area contributed by atoms with Gasteiger partial charge in [-0.1, -0.05) is 13.8 Å². The maximum Gasteiger partial charge on any atom is 0.0897 e. The molecule has 5 heteroatoms. The van der Waals surface area contributed by atoms with E-state index in [1.165, 1.54) is 0 Å². The molecule has 0 heterocycles. The van der Waals surface area contributed by atoms with Crippen LogP contribution in [-0.4, -0.2) is 61.9 Å². The maximum absolute atomic E-state index is 9.73. The molecular formula is C13H29NO4. The van der Waals surface area contributed by atoms with E-state index in [0.717, 1.165) is 6.42 Å². The van der Waals surface area contributed by atoms with Crippen LogP contribution < -0.4 is 5.32 Å². The summed E-state index contributed by atoms with van der Waals surface area (Å²) in [5.74, 6) is 0.593. The van der Waals surface area contributed by atoms with Gasteiger partial charge < -0.3 is 25.0 Å². The molecule has 0 aliphatic carbocycles. The lowest BCUT2D eigenvalue weighted by atomic mass is 10.1. The summed E-state index contributed by atoms with van der Waals surface area (Å²) >= 11 is 0. The van der Waals surface area contributed by atoms with Gasteiger partial charge in [-0.05, 0) is 19.3 Å². The predicted octanol–water partition coefficient (Wildman–Crippen LogP) is 0.395. The zero-order chi connectivity index (χ0) is 14.0. The number of ether oxygens (including phenoxy) is 2. The summed E-state index contributed by atoms with van der Waals surface area (Å²) < 4.78 is 10.5. The largest absolute Gasteiger partial charge is 0.395 e. The van der Waals surface area contributed by atoms with E-state index in [0.29, 0.717) is 25.7 Å². The van der Waals surface area contributed by atoms with Crippen molar-refractivity contribution in [1.29, 1.82) is 0 Å². The third-order valence-corrected chi connectivity index (χ3v) is 2.61. The summed E-state index contributed by atoms with van der Waals surface area (Å²) in [5.41, 5.74) is 0. The molecule has 3 unspecified atom stereocenters. The number of aliphatic hydroxyl groups excluding tert-OH is 2. The summed E-state index contributed by atoms with van der Waals surface area (Å²) in [5, 5.41) is 21.8. The fourth-order valence-corrected chi connectivity index (χ4v) is 1.75. The van der Waals surface area contributed by atoms with E-state index >= 15 is 0 Å². The lowest BCUT2D eigenvalue weighted by Crippen LogP contribution is -2.42. The lowest BCUT2D eigenvalue weighted by Gasteiger charge is -2.20. The van der Waals surface area contributed by atoms with Crippen LogP contribution in [0, 0.1) is 5.92 Å². The van der Waals surface area contributed by atoms with Gasteiger partial charge in [-0.2, -0.15) is 0 Å². The van der Waals surface area contributed by atoms with Crippen molar-refractivity contribution in [3.05, 3.63) is 0 Å². The second-order valence-corrected chi connectivity index (χ2v) is 5.17. The molecule has 0 fully saturated rings. The molecular weight excluding hydrogens is 234 g/mol. The summed E-state index contributed by atoms with van der Waals surface area (Å²) in [6.45, 7) is 7.43. The number of aliphatic hydroxyl groups is 2. The molecule has 0 aromatic carbocycles. The SMILES string of the molecule is COCC(CO)NCC(O)COC(C)CC(C)C. The van der Waals surface area contributed by atoms with E-state index in [1.807, 2.05) is 6.92 Å². The Labute approximate surface area is 110 Å². The molecule has 3 atom stereocenters. The first-order chi connectivity index (χ1) is 8.49. The Morgan fingerprint density at radius 1 is 1.17 bits per heavy atom. The third-order valence-electron chi connectivity index (χ3n) is 2.61. The number of hydrogen-bond donors (Lipinski definition) is 3. The summed E-state index contributed by atoms with van der Waals surface area (Å²) in [4.78, 5) is 0. The zero-order valence-corrected chi connectivity index (χ0v) is 12.1. The molecule has 0 radical (unpaired) electrons. The molecule has 0 amide bonds. The first-order valence-corrected chi connectivity index (χ1v) is 6.62. The smallest absolute Gasteiger partial charge is 0.0897 e. The molecule has 3 N–H and O–H groups in total. The molecule has 0 aromatic heterocycles. The van der Waals surface area contributed by atoms with Gasteiger partial charge in [0, 0.05) is 13.7 Å². The molecule has 0 aliphatic rings. The first kappa shape index (κ1) is 17.8. The van der Waals surface area contributed by atoms with Crippen LogP contribution in [0.15, 0.2) is 0 Å². The van der Waals surface area contributed by atoms with Crippen LogP contribution in [0.3, 0.4) is 0 Å². The Kier molecular flexibility index (Phi) is 10.6. The number of hydrogen-bond acceptors (Lipinski definition) is 5. The van der Waals surface area contributed by atoms with Gasteiger partial charge in [0.25, 0.3) is 0 Å². The highest BCUT2D eigenvalue weighted by molar-refractivity contribution is 4.68. The standard InChI is InChI=1S/C13H29NO4/c1-10(2)5-11(3)18-9-13(16)6-14-12(7-15)8-17-4/h10-16H,5-9H2,1-4H3. The zero-order valence-electron chi connectivity index (χ0n) is 12.1. The van der Waals surface area contributed by atoms with Crippen molar-refractivity contribution in [3.8, 4) is 0 Å². The van der Waals surface area contributed by atoms with Gasteiger partial charge in [0.05, 0.1) is 38.1 Å². The van der Waals surface area contributed by atoms with Crippen LogP contribution in [0.4, 0.5) is 0 Å². The highest BCUT2D eigenvalue weighted by Gasteiger charge is 2.12. The van der Waals surface area contributed by atoms with E-state index in [9.17, 15) is 5.11 Å². The van der Waals surface area contributed by atoms with E-state index in [1.54, 1.807) is 7.11 Å². The second kappa shape index (κ2) is 10.7. The minimum atomic E-state index is -0.564. The number of nitrogens with one attached hydrogen (secondary N) is 1. The Balaban J connectivity index is 3.66. The van der Waals surface area contributed by atoms with Gasteiger partial charge in [-0.15, -0.1) is 0 Å². The van der Waals surface area contributed by atoms with Gasteiger partial charge in [0.2, 0.25) is 0 Å². The van der Waals surface area contributed by atoms with Crippen molar-refractivity contribution in [2.45, 2.75) is 45.4 Å². The van der Waals surface area contributed by atoms with E-state index in [4.69, 9.17) is 14.6 Å². The Bertz CT molecular complexity index is 190. The minimum Gasteiger partial charge on any atom is -0.395 e. The minimum absolute atomic E-state index is 0.00876. The number of rotatable bonds is 11. The topological polar surface area (TPSA) is 71.0 Å². The summed E-state index contributed by atoms with van der Waals surface area (Å²) in [7, 11) is 1.58. The molecule has 0 bridgehead atoms. The summed E-state index contributed by atoms with van der Waals surface area (Å²) in [6, 6.07) is -0.141. The molecule has 0 saturated carbocycles. The molecule has 110 valence electrons. The first-order valence-electron chi connectivity index (χ1n) is 6.62. The third kappa shape index (κ3) is 9.79. The average molecular weight is 263 g/mol. The van der Waals surface area contributed by atoms with Crippen molar-refractivity contribution < 1.29 is 19.7 Å². The molecule has 0 rings (SSSR count). The van der Waals surface area contributed by atoms with Crippen LogP contribution in [0.25, 0.3) is 0 Å². The molecule has 0 spiro atoms. The van der Waals surface area contributed by atoms with Crippen molar-refractivity contribution >= 4 is 0 Å². The Morgan fingerprint density at radius 3 is 2.33 bits per heavy atom. The van der Waals surface area contributed by atoms with Crippen LogP contribution in [0.2, 0.25) is 0 Å². The quantitative estimate of drug-likeness (QED) is 0.503. The molecule has 0 aromatic rings. The van der Waals surface area contributed by atoms with E-state index < -0.39 is 6.10 Å². The summed E-state index contributed by atoms with van der Waals surface area (Å²) in [6.07, 6.45) is 0.584.